The lowest BCUT2D eigenvalue weighted by Crippen LogP contribution is -2.21. The molecule has 0 spiro atoms. The fourth-order valence-corrected chi connectivity index (χ4v) is 4.21. The molecule has 2 aromatic heterocycles. The Morgan fingerprint density at radius 3 is 2.67 bits per heavy atom. The largest absolute Gasteiger partial charge is 0.497 e. The van der Waals surface area contributed by atoms with Crippen LogP contribution in [-0.2, 0) is 11.3 Å². The van der Waals surface area contributed by atoms with Gasteiger partial charge in [-0.05, 0) is 48.5 Å². The topological polar surface area (TPSA) is 76.2 Å². The summed E-state index contributed by atoms with van der Waals surface area (Å²) in [7, 11) is 3.15. The second-order valence-electron chi connectivity index (χ2n) is 8.22. The van der Waals surface area contributed by atoms with Crippen LogP contribution in [0.2, 0.25) is 0 Å². The molecule has 7 heteroatoms. The number of carbonyl (C=O) groups is 1. The molecule has 5 rings (SSSR count). The molecule has 1 amide bonds. The van der Waals surface area contributed by atoms with Crippen LogP contribution < -0.4 is 14.8 Å². The van der Waals surface area contributed by atoms with E-state index in [1.165, 1.54) is 18.2 Å². The number of hydrogen-bond acceptors (Lipinski definition) is 4. The predicted molar refractivity (Wildman–Crippen MR) is 139 cm³/mol. The van der Waals surface area contributed by atoms with Gasteiger partial charge < -0.3 is 19.8 Å². The summed E-state index contributed by atoms with van der Waals surface area (Å²) in [6.07, 6.45) is 3.11. The van der Waals surface area contributed by atoms with Crippen LogP contribution in [0.15, 0.2) is 78.9 Å². The van der Waals surface area contributed by atoms with Gasteiger partial charge >= 0.3 is 0 Å². The van der Waals surface area contributed by atoms with Gasteiger partial charge in [-0.1, -0.05) is 30.3 Å². The van der Waals surface area contributed by atoms with Crippen molar-refractivity contribution in [3.05, 3.63) is 95.9 Å². The van der Waals surface area contributed by atoms with Crippen molar-refractivity contribution in [1.29, 1.82) is 0 Å². The van der Waals surface area contributed by atoms with E-state index in [-0.39, 0.29) is 18.3 Å². The second-order valence-corrected chi connectivity index (χ2v) is 8.22. The molecule has 2 heterocycles. The zero-order valence-corrected chi connectivity index (χ0v) is 19.8. The number of benzene rings is 3. The summed E-state index contributed by atoms with van der Waals surface area (Å²) in [5, 5.41) is 4.88. The highest BCUT2D eigenvalue weighted by Crippen LogP contribution is 2.33. The normalized spacial score (nSPS) is 11.3. The zero-order valence-electron chi connectivity index (χ0n) is 19.8. The average Bonchev–Trinajstić information content (AvgIpc) is 3.28. The lowest BCUT2D eigenvalue weighted by Gasteiger charge is -2.09. The van der Waals surface area contributed by atoms with E-state index in [0.717, 1.165) is 27.4 Å². The van der Waals surface area contributed by atoms with E-state index in [2.05, 4.69) is 10.3 Å². The number of H-pyrrole nitrogens is 1. The van der Waals surface area contributed by atoms with Gasteiger partial charge in [0.15, 0.2) is 0 Å². The van der Waals surface area contributed by atoms with E-state index < -0.39 is 0 Å². The summed E-state index contributed by atoms with van der Waals surface area (Å²) in [5.74, 6) is 0.673. The third kappa shape index (κ3) is 4.63. The van der Waals surface area contributed by atoms with E-state index in [1.54, 1.807) is 44.6 Å². The highest BCUT2D eigenvalue weighted by Gasteiger charge is 2.14. The molecule has 0 atom stereocenters. The fourth-order valence-electron chi connectivity index (χ4n) is 4.21. The molecule has 0 saturated carbocycles. The molecular weight excluding hydrogens is 457 g/mol. The van der Waals surface area contributed by atoms with Gasteiger partial charge in [-0.2, -0.15) is 0 Å². The van der Waals surface area contributed by atoms with Gasteiger partial charge in [0.25, 0.3) is 0 Å². The number of pyridine rings is 1. The molecule has 0 aliphatic heterocycles. The Balaban J connectivity index is 1.45. The van der Waals surface area contributed by atoms with Crippen LogP contribution in [0, 0.1) is 5.82 Å². The second kappa shape index (κ2) is 9.92. The first-order valence-electron chi connectivity index (χ1n) is 11.4. The molecule has 0 saturated heterocycles. The van der Waals surface area contributed by atoms with Crippen LogP contribution in [0.3, 0.4) is 0 Å². The minimum Gasteiger partial charge on any atom is -0.497 e. The summed E-state index contributed by atoms with van der Waals surface area (Å²) in [6.45, 7) is 0.205. The number of nitrogens with one attached hydrogen (secondary N) is 2. The van der Waals surface area contributed by atoms with Gasteiger partial charge in [0.1, 0.15) is 17.3 Å². The van der Waals surface area contributed by atoms with Crippen molar-refractivity contribution >= 4 is 33.8 Å². The van der Waals surface area contributed by atoms with Crippen molar-refractivity contribution in [3.63, 3.8) is 0 Å². The number of ether oxygens (including phenoxy) is 2. The molecule has 6 nitrogen and oxygen atoms in total. The van der Waals surface area contributed by atoms with Crippen LogP contribution in [0.4, 0.5) is 4.39 Å². The van der Waals surface area contributed by atoms with Crippen LogP contribution in [-0.4, -0.2) is 30.1 Å². The first-order chi connectivity index (χ1) is 17.6. The average molecular weight is 482 g/mol. The van der Waals surface area contributed by atoms with Gasteiger partial charge in [-0.15, -0.1) is 0 Å². The number of rotatable bonds is 7. The fraction of sp³-hybridized carbons (Fsp3) is 0.103. The highest BCUT2D eigenvalue weighted by atomic mass is 19.1. The molecule has 36 heavy (non-hydrogen) atoms. The lowest BCUT2D eigenvalue weighted by atomic mass is 10.1. The first kappa shape index (κ1) is 23.1. The van der Waals surface area contributed by atoms with Crippen molar-refractivity contribution in [3.8, 4) is 22.8 Å². The summed E-state index contributed by atoms with van der Waals surface area (Å²) in [4.78, 5) is 20.8. The van der Waals surface area contributed by atoms with Crippen molar-refractivity contribution < 1.29 is 18.7 Å². The lowest BCUT2D eigenvalue weighted by molar-refractivity contribution is -0.116. The number of aromatic amines is 1. The number of halogens is 1. The Hall–Kier alpha value is -4.65. The molecule has 0 fully saturated rings. The number of fused-ring (bicyclic) bond motifs is 3. The summed E-state index contributed by atoms with van der Waals surface area (Å²) in [5.41, 5.74) is 4.45. The number of carbonyl (C=O) groups excluding carboxylic acids is 1. The Bertz CT molecular complexity index is 1610. The summed E-state index contributed by atoms with van der Waals surface area (Å²) in [6, 6.07) is 21.6. The maximum Gasteiger partial charge on any atom is 0.244 e. The van der Waals surface area contributed by atoms with E-state index in [4.69, 9.17) is 14.5 Å². The van der Waals surface area contributed by atoms with Gasteiger partial charge in [0.05, 0.1) is 37.7 Å². The SMILES string of the molecule is COc1ccc(OC)c(/C=C/C(=O)NCc2cc3c([nH]c4ccccc43)c(-c3cccc(F)c3)n2)c1. The van der Waals surface area contributed by atoms with E-state index in [9.17, 15) is 9.18 Å². The third-order valence-electron chi connectivity index (χ3n) is 5.94. The van der Waals surface area contributed by atoms with Crippen molar-refractivity contribution in [1.82, 2.24) is 15.3 Å². The summed E-state index contributed by atoms with van der Waals surface area (Å²) >= 11 is 0. The Kier molecular flexibility index (Phi) is 6.36. The minimum absolute atomic E-state index is 0.205. The number of amides is 1. The predicted octanol–water partition coefficient (Wildman–Crippen LogP) is 5.87. The molecule has 0 aliphatic carbocycles. The number of aromatic nitrogens is 2. The molecule has 180 valence electrons. The van der Waals surface area contributed by atoms with E-state index >= 15 is 0 Å². The number of nitrogens with zero attached hydrogens (tertiary/aromatic N) is 1. The van der Waals surface area contributed by atoms with Crippen LogP contribution in [0.25, 0.3) is 39.1 Å². The standard InChI is InChI=1S/C29H24FN3O3/c1-35-22-11-12-26(36-2)18(15-22)10-13-27(34)31-17-21-16-24-23-8-3-4-9-25(23)33-29(24)28(32-21)19-6-5-7-20(30)14-19/h3-16,33H,17H2,1-2H3,(H,31,34)/b13-10+. The molecule has 0 aliphatic rings. The number of methoxy groups -OCH3 is 2. The zero-order chi connectivity index (χ0) is 25.1. The molecule has 0 unspecified atom stereocenters. The van der Waals surface area contributed by atoms with E-state index in [0.29, 0.717) is 28.5 Å². The maximum atomic E-state index is 14.0. The first-order valence-corrected chi connectivity index (χ1v) is 11.4. The van der Waals surface area contributed by atoms with Crippen molar-refractivity contribution in [2.75, 3.05) is 14.2 Å². The molecular formula is C29H24FN3O3. The van der Waals surface area contributed by atoms with Gasteiger partial charge in [-0.25, -0.2) is 9.37 Å². The third-order valence-corrected chi connectivity index (χ3v) is 5.94. The van der Waals surface area contributed by atoms with Gasteiger partial charge in [-0.3, -0.25) is 4.79 Å². The van der Waals surface area contributed by atoms with Crippen LogP contribution >= 0.6 is 0 Å². The van der Waals surface area contributed by atoms with Gasteiger partial charge in [0, 0.05) is 33.5 Å². The van der Waals surface area contributed by atoms with E-state index in [1.807, 2.05) is 36.4 Å². The molecule has 3 aromatic carbocycles. The highest BCUT2D eigenvalue weighted by molar-refractivity contribution is 6.11. The summed E-state index contributed by atoms with van der Waals surface area (Å²) < 4.78 is 24.6. The minimum atomic E-state index is -0.338. The Morgan fingerprint density at radius 1 is 1.00 bits per heavy atom. The van der Waals surface area contributed by atoms with Crippen LogP contribution in [0.5, 0.6) is 11.5 Å². The smallest absolute Gasteiger partial charge is 0.244 e. The quantitative estimate of drug-likeness (QED) is 0.285. The Labute approximate surface area is 207 Å². The monoisotopic (exact) mass is 481 g/mol. The molecule has 2 N–H and O–H groups in total. The molecule has 0 bridgehead atoms. The Morgan fingerprint density at radius 2 is 1.86 bits per heavy atom. The molecule has 5 aromatic rings. The van der Waals surface area contributed by atoms with Crippen molar-refractivity contribution in [2.45, 2.75) is 6.54 Å². The van der Waals surface area contributed by atoms with Crippen LogP contribution in [0.1, 0.15) is 11.3 Å². The maximum absolute atomic E-state index is 14.0. The molecule has 0 radical (unpaired) electrons. The van der Waals surface area contributed by atoms with Crippen molar-refractivity contribution in [2.24, 2.45) is 0 Å². The van der Waals surface area contributed by atoms with Gasteiger partial charge in [0.2, 0.25) is 5.91 Å². The number of para-hydroxylation sites is 1. The number of hydrogen-bond donors (Lipinski definition) is 2.